The molecule has 0 unspecified atom stereocenters. The summed E-state index contributed by atoms with van der Waals surface area (Å²) in [5, 5.41) is 17.7. The van der Waals surface area contributed by atoms with Gasteiger partial charge in [0.2, 0.25) is 5.88 Å². The third-order valence-electron chi connectivity index (χ3n) is 1.36. The first-order valence-corrected chi connectivity index (χ1v) is 3.59. The molecule has 0 spiro atoms. The second kappa shape index (κ2) is 3.75. The van der Waals surface area contributed by atoms with E-state index in [0.717, 1.165) is 0 Å². The lowest BCUT2D eigenvalue weighted by Gasteiger charge is -2.05. The van der Waals surface area contributed by atoms with Gasteiger partial charge in [0.15, 0.2) is 0 Å². The minimum Gasteiger partial charge on any atom is -0.480 e. The lowest BCUT2D eigenvalue weighted by Crippen LogP contribution is -2.31. The highest BCUT2D eigenvalue weighted by Gasteiger charge is 2.18. The smallest absolute Gasteiger partial charge is 0.480 e. The number of aromatic nitrogens is 1. The highest BCUT2D eigenvalue weighted by molar-refractivity contribution is 6.63. The van der Waals surface area contributed by atoms with Crippen LogP contribution in [-0.4, -0.2) is 29.3 Å². The molecule has 12 heavy (non-hydrogen) atoms. The Morgan fingerprint density at radius 2 is 2.25 bits per heavy atom. The maximum atomic E-state index is 8.81. The molecule has 1 aromatic heterocycles. The molecule has 0 saturated heterocycles. The van der Waals surface area contributed by atoms with Crippen molar-refractivity contribution in [2.45, 2.75) is 0 Å². The van der Waals surface area contributed by atoms with Crippen molar-refractivity contribution < 1.29 is 14.8 Å². The number of halogens is 1. The molecular weight excluding hydrogens is 180 g/mol. The van der Waals surface area contributed by atoms with E-state index in [1.54, 1.807) is 0 Å². The number of nitrogens with zero attached hydrogens (tertiary/aromatic N) is 1. The van der Waals surface area contributed by atoms with Crippen molar-refractivity contribution in [1.82, 2.24) is 4.98 Å². The first-order valence-electron chi connectivity index (χ1n) is 3.21. The predicted octanol–water partition coefficient (Wildman–Crippen LogP) is -0.577. The summed E-state index contributed by atoms with van der Waals surface area (Å²) in [4.78, 5) is 3.76. The highest BCUT2D eigenvalue weighted by Crippen LogP contribution is 2.17. The maximum absolute atomic E-state index is 8.81. The van der Waals surface area contributed by atoms with Crippen LogP contribution in [0.3, 0.4) is 0 Å². The fourth-order valence-electron chi connectivity index (χ4n) is 0.780. The van der Waals surface area contributed by atoms with Gasteiger partial charge in [0, 0.05) is 11.7 Å². The van der Waals surface area contributed by atoms with Gasteiger partial charge in [-0.3, -0.25) is 0 Å². The lowest BCUT2D eigenvalue weighted by molar-refractivity contribution is 0.397. The minimum atomic E-state index is -1.60. The summed E-state index contributed by atoms with van der Waals surface area (Å²) >= 11 is 5.70. The molecule has 0 radical (unpaired) electrons. The summed E-state index contributed by atoms with van der Waals surface area (Å²) in [6.07, 6.45) is 1.39. The van der Waals surface area contributed by atoms with Crippen LogP contribution in [0.4, 0.5) is 0 Å². The second-order valence-electron chi connectivity index (χ2n) is 2.10. The van der Waals surface area contributed by atoms with Crippen LogP contribution in [0.2, 0.25) is 5.02 Å². The molecule has 0 aliphatic carbocycles. The molecule has 2 N–H and O–H groups in total. The van der Waals surface area contributed by atoms with Crippen molar-refractivity contribution >= 4 is 24.2 Å². The van der Waals surface area contributed by atoms with Crippen molar-refractivity contribution in [3.05, 3.63) is 17.3 Å². The Labute approximate surface area is 74.9 Å². The zero-order valence-corrected chi connectivity index (χ0v) is 7.12. The van der Waals surface area contributed by atoms with Gasteiger partial charge in [0.05, 0.1) is 7.11 Å². The molecule has 0 bridgehead atoms. The van der Waals surface area contributed by atoms with Gasteiger partial charge in [-0.15, -0.1) is 0 Å². The molecule has 64 valence electrons. The van der Waals surface area contributed by atoms with E-state index in [0.29, 0.717) is 0 Å². The molecule has 1 rings (SSSR count). The zero-order chi connectivity index (χ0) is 9.14. The molecule has 0 amide bonds. The van der Waals surface area contributed by atoms with Gasteiger partial charge in [-0.05, 0) is 6.07 Å². The number of ether oxygens (including phenoxy) is 1. The minimum absolute atomic E-state index is 0.120. The van der Waals surface area contributed by atoms with Crippen molar-refractivity contribution in [2.75, 3.05) is 7.11 Å². The number of rotatable bonds is 2. The van der Waals surface area contributed by atoms with E-state index in [2.05, 4.69) is 4.98 Å². The van der Waals surface area contributed by atoms with Crippen molar-refractivity contribution in [1.29, 1.82) is 0 Å². The first kappa shape index (κ1) is 9.31. The second-order valence-corrected chi connectivity index (χ2v) is 2.48. The molecule has 0 atom stereocenters. The Hall–Kier alpha value is -0.775. The Morgan fingerprint density at radius 3 is 2.75 bits per heavy atom. The topological polar surface area (TPSA) is 62.6 Å². The summed E-state index contributed by atoms with van der Waals surface area (Å²) in [6.45, 7) is 0. The largest absolute Gasteiger partial charge is 0.490 e. The van der Waals surface area contributed by atoms with Crippen molar-refractivity contribution in [3.8, 4) is 5.88 Å². The Morgan fingerprint density at radius 1 is 1.58 bits per heavy atom. The molecule has 0 aliphatic rings. The average Bonchev–Trinajstić information content (AvgIpc) is 2.04. The van der Waals surface area contributed by atoms with Crippen LogP contribution >= 0.6 is 11.6 Å². The lowest BCUT2D eigenvalue weighted by atomic mass is 9.81. The Bertz CT molecular complexity index is 281. The fourth-order valence-corrected chi connectivity index (χ4v) is 1.07. The molecular formula is C6H7BClNO3. The first-order chi connectivity index (χ1) is 5.66. The van der Waals surface area contributed by atoms with Crippen LogP contribution in [0.1, 0.15) is 0 Å². The standard InChI is InChI=1S/C6H7BClNO3/c1-12-6-5(8)4(7(10)11)2-3-9-6/h2-3,10-11H,1H3. The van der Waals surface area contributed by atoms with E-state index in [1.807, 2.05) is 0 Å². The summed E-state index contributed by atoms with van der Waals surface area (Å²) in [5.74, 6) is 0.183. The van der Waals surface area contributed by atoms with Gasteiger partial charge in [0.1, 0.15) is 5.02 Å². The number of hydrogen-bond acceptors (Lipinski definition) is 4. The molecule has 0 aromatic carbocycles. The van der Waals surface area contributed by atoms with E-state index in [9.17, 15) is 0 Å². The summed E-state index contributed by atoms with van der Waals surface area (Å²) < 4.78 is 4.77. The van der Waals surface area contributed by atoms with E-state index >= 15 is 0 Å². The highest BCUT2D eigenvalue weighted by atomic mass is 35.5. The SMILES string of the molecule is COc1nccc(B(O)O)c1Cl. The molecule has 0 fully saturated rings. The Kier molecular flexibility index (Phi) is 2.91. The van der Waals surface area contributed by atoms with Crippen LogP contribution in [0.5, 0.6) is 5.88 Å². The molecule has 0 aliphatic heterocycles. The van der Waals surface area contributed by atoms with Gasteiger partial charge < -0.3 is 14.8 Å². The molecule has 0 saturated carbocycles. The quantitative estimate of drug-likeness (QED) is 0.608. The summed E-state index contributed by atoms with van der Waals surface area (Å²) in [7, 11) is -0.198. The number of pyridine rings is 1. The van der Waals surface area contributed by atoms with Crippen LogP contribution < -0.4 is 10.2 Å². The van der Waals surface area contributed by atoms with Crippen LogP contribution in [0, 0.1) is 0 Å². The molecule has 4 nitrogen and oxygen atoms in total. The summed E-state index contributed by atoms with van der Waals surface area (Å²) in [5.41, 5.74) is 0.184. The van der Waals surface area contributed by atoms with Gasteiger partial charge in [-0.1, -0.05) is 11.6 Å². The third-order valence-corrected chi connectivity index (χ3v) is 1.74. The van der Waals surface area contributed by atoms with Gasteiger partial charge >= 0.3 is 7.12 Å². The number of hydrogen-bond donors (Lipinski definition) is 2. The van der Waals surface area contributed by atoms with Crippen LogP contribution in [0.15, 0.2) is 12.3 Å². The number of methoxy groups -OCH3 is 1. The van der Waals surface area contributed by atoms with Crippen LogP contribution in [-0.2, 0) is 0 Å². The average molecular weight is 187 g/mol. The molecule has 6 heteroatoms. The molecule has 1 heterocycles. The van der Waals surface area contributed by atoms with Crippen LogP contribution in [0.25, 0.3) is 0 Å². The predicted molar refractivity (Wildman–Crippen MR) is 45.6 cm³/mol. The van der Waals surface area contributed by atoms with Crippen molar-refractivity contribution in [3.63, 3.8) is 0 Å². The maximum Gasteiger partial charge on any atom is 0.490 e. The van der Waals surface area contributed by atoms with E-state index in [-0.39, 0.29) is 16.4 Å². The molecule has 1 aromatic rings. The normalized spacial score (nSPS) is 9.67. The summed E-state index contributed by atoms with van der Waals surface area (Å²) in [6, 6.07) is 1.41. The van der Waals surface area contributed by atoms with E-state index in [1.165, 1.54) is 19.4 Å². The Balaban J connectivity index is 3.14. The van der Waals surface area contributed by atoms with Gasteiger partial charge in [-0.25, -0.2) is 4.98 Å². The monoisotopic (exact) mass is 187 g/mol. The van der Waals surface area contributed by atoms with E-state index in [4.69, 9.17) is 26.4 Å². The zero-order valence-electron chi connectivity index (χ0n) is 6.36. The fraction of sp³-hybridized carbons (Fsp3) is 0.167. The van der Waals surface area contributed by atoms with Crippen molar-refractivity contribution in [2.24, 2.45) is 0 Å². The third kappa shape index (κ3) is 1.69. The van der Waals surface area contributed by atoms with Gasteiger partial charge in [0.25, 0.3) is 0 Å². The van der Waals surface area contributed by atoms with Gasteiger partial charge in [-0.2, -0.15) is 0 Å². The van der Waals surface area contributed by atoms with E-state index < -0.39 is 7.12 Å².